The Bertz CT molecular complexity index is 911. The second-order valence-electron chi connectivity index (χ2n) is 7.04. The van der Waals surface area contributed by atoms with Gasteiger partial charge in [0, 0.05) is 32.9 Å². The first-order valence-corrected chi connectivity index (χ1v) is 9.32. The average Bonchev–Trinajstić information content (AvgIpc) is 2.73. The Kier molecular flexibility index (Phi) is 6.18. The molecule has 9 heteroatoms. The van der Waals surface area contributed by atoms with E-state index in [1.54, 1.807) is 7.11 Å². The number of aromatic nitrogens is 3. The van der Waals surface area contributed by atoms with Gasteiger partial charge in [-0.3, -0.25) is 0 Å². The van der Waals surface area contributed by atoms with E-state index in [1.807, 2.05) is 39.5 Å². The van der Waals surface area contributed by atoms with Gasteiger partial charge in [0.2, 0.25) is 0 Å². The normalized spacial score (nSPS) is 13.2. The van der Waals surface area contributed by atoms with Gasteiger partial charge < -0.3 is 30.9 Å². The molecule has 0 bridgehead atoms. The minimum atomic E-state index is 0.402. The number of nitrogens with two attached hydrogens (primary N) is 2. The second kappa shape index (κ2) is 8.78. The quantitative estimate of drug-likeness (QED) is 0.674. The first kappa shape index (κ1) is 20.4. The smallest absolute Gasteiger partial charge is 0.168 e. The minimum Gasteiger partial charge on any atom is -0.492 e. The molecule has 4 N–H and O–H groups in total. The van der Waals surface area contributed by atoms with Crippen LogP contribution in [0.4, 0.5) is 22.7 Å². The molecule has 1 aromatic carbocycles. The van der Waals surface area contributed by atoms with Gasteiger partial charge in [-0.15, -0.1) is 0 Å². The van der Waals surface area contributed by atoms with E-state index in [1.165, 1.54) is 12.7 Å². The molecule has 154 valence electrons. The highest BCUT2D eigenvalue weighted by molar-refractivity contribution is 6.03. The first-order chi connectivity index (χ1) is 14.0. The van der Waals surface area contributed by atoms with Crippen LogP contribution in [0.2, 0.25) is 0 Å². The van der Waals surface area contributed by atoms with Gasteiger partial charge >= 0.3 is 0 Å². The molecule has 0 atom stereocenters. The minimum absolute atomic E-state index is 0.402. The van der Waals surface area contributed by atoms with Gasteiger partial charge in [0.25, 0.3) is 0 Å². The van der Waals surface area contributed by atoms with Gasteiger partial charge in [0.1, 0.15) is 18.3 Å². The van der Waals surface area contributed by atoms with E-state index < -0.39 is 0 Å². The summed E-state index contributed by atoms with van der Waals surface area (Å²) in [6, 6.07) is 0. The highest BCUT2D eigenvalue weighted by atomic mass is 16.5. The van der Waals surface area contributed by atoms with Crippen LogP contribution in [0.25, 0.3) is 11.4 Å². The van der Waals surface area contributed by atoms with Crippen LogP contribution in [0.1, 0.15) is 0 Å². The van der Waals surface area contributed by atoms with Crippen LogP contribution in [-0.4, -0.2) is 67.7 Å². The Morgan fingerprint density at radius 1 is 1.07 bits per heavy atom. The summed E-state index contributed by atoms with van der Waals surface area (Å²) in [6.07, 6.45) is 10.9. The number of rotatable bonds is 7. The van der Waals surface area contributed by atoms with E-state index in [9.17, 15) is 0 Å². The SMILES string of the molecule is COc1c(N)c(-c2ncncn2)c(N)c(N(C)CCN(C)C)c1N1C=CC=CC1. The number of benzene rings is 1. The highest BCUT2D eigenvalue weighted by Crippen LogP contribution is 2.52. The summed E-state index contributed by atoms with van der Waals surface area (Å²) < 4.78 is 5.77. The molecule has 29 heavy (non-hydrogen) atoms. The summed E-state index contributed by atoms with van der Waals surface area (Å²) in [5.41, 5.74) is 16.3. The van der Waals surface area contributed by atoms with Gasteiger partial charge in [-0.1, -0.05) is 12.2 Å². The summed E-state index contributed by atoms with van der Waals surface area (Å²) in [6.45, 7) is 2.31. The van der Waals surface area contributed by atoms with Crippen molar-refractivity contribution in [3.63, 3.8) is 0 Å². The fraction of sp³-hybridized carbons (Fsp3) is 0.350. The van der Waals surface area contributed by atoms with Gasteiger partial charge in [-0.2, -0.15) is 0 Å². The van der Waals surface area contributed by atoms with Crippen molar-refractivity contribution >= 4 is 22.7 Å². The van der Waals surface area contributed by atoms with Gasteiger partial charge in [-0.05, 0) is 20.2 Å². The van der Waals surface area contributed by atoms with Crippen LogP contribution in [0.5, 0.6) is 5.75 Å². The molecule has 1 aromatic heterocycles. The standard InChI is InChI=1S/C20H28N8O/c1-26(2)10-11-27(3)17-15(21)14(20-24-12-23-13-25-20)16(22)19(29-4)18(17)28-8-6-5-7-9-28/h5-8,12-13H,9-11,21-22H2,1-4H3. The molecule has 0 radical (unpaired) electrons. The third kappa shape index (κ3) is 4.09. The lowest BCUT2D eigenvalue weighted by molar-refractivity contribution is 0.414. The summed E-state index contributed by atoms with van der Waals surface area (Å²) in [7, 11) is 7.69. The molecule has 0 saturated heterocycles. The maximum atomic E-state index is 6.69. The van der Waals surface area contributed by atoms with Crippen molar-refractivity contribution in [3.8, 4) is 17.1 Å². The molecular formula is C20H28N8O. The lowest BCUT2D eigenvalue weighted by atomic mass is 10.0. The Labute approximate surface area is 171 Å². The van der Waals surface area contributed by atoms with Crippen LogP contribution in [-0.2, 0) is 0 Å². The number of ether oxygens (including phenoxy) is 1. The zero-order valence-electron chi connectivity index (χ0n) is 17.3. The first-order valence-electron chi connectivity index (χ1n) is 9.32. The van der Waals surface area contributed by atoms with E-state index in [0.717, 1.165) is 24.5 Å². The number of likely N-dealkylation sites (N-methyl/N-ethyl adjacent to an activating group) is 2. The summed E-state index contributed by atoms with van der Waals surface area (Å²) in [4.78, 5) is 18.7. The molecule has 0 saturated carbocycles. The van der Waals surface area contributed by atoms with Crippen molar-refractivity contribution < 1.29 is 4.74 Å². The second-order valence-corrected chi connectivity index (χ2v) is 7.04. The molecule has 9 nitrogen and oxygen atoms in total. The zero-order valence-corrected chi connectivity index (χ0v) is 17.3. The van der Waals surface area contributed by atoms with Gasteiger partial charge in [0.05, 0.1) is 29.7 Å². The lowest BCUT2D eigenvalue weighted by Gasteiger charge is -2.33. The van der Waals surface area contributed by atoms with E-state index in [2.05, 4.69) is 35.7 Å². The molecule has 1 aliphatic rings. The van der Waals surface area contributed by atoms with Crippen LogP contribution < -0.4 is 26.0 Å². The van der Waals surface area contributed by atoms with Crippen molar-refractivity contribution in [1.82, 2.24) is 19.9 Å². The molecule has 2 heterocycles. The fourth-order valence-corrected chi connectivity index (χ4v) is 3.30. The topological polar surface area (TPSA) is 110 Å². The van der Waals surface area contributed by atoms with E-state index in [0.29, 0.717) is 35.1 Å². The van der Waals surface area contributed by atoms with Crippen LogP contribution in [0, 0.1) is 0 Å². The molecule has 0 spiro atoms. The third-order valence-electron chi connectivity index (χ3n) is 4.77. The number of nitrogens with zero attached hydrogens (tertiary/aromatic N) is 6. The lowest BCUT2D eigenvalue weighted by Crippen LogP contribution is -2.31. The van der Waals surface area contributed by atoms with Crippen LogP contribution in [0.3, 0.4) is 0 Å². The van der Waals surface area contributed by atoms with Gasteiger partial charge in [0.15, 0.2) is 11.6 Å². The van der Waals surface area contributed by atoms with Crippen LogP contribution >= 0.6 is 0 Å². The van der Waals surface area contributed by atoms with Crippen molar-refractivity contribution in [2.75, 3.05) is 69.2 Å². The predicted octanol–water partition coefficient (Wildman–Crippen LogP) is 1.60. The highest BCUT2D eigenvalue weighted by Gasteiger charge is 2.29. The van der Waals surface area contributed by atoms with Crippen molar-refractivity contribution in [3.05, 3.63) is 37.1 Å². The molecule has 2 aromatic rings. The number of hydrogen-bond acceptors (Lipinski definition) is 9. The largest absolute Gasteiger partial charge is 0.492 e. The maximum Gasteiger partial charge on any atom is 0.168 e. The van der Waals surface area contributed by atoms with Gasteiger partial charge in [-0.25, -0.2) is 15.0 Å². The Hall–Kier alpha value is -3.33. The Morgan fingerprint density at radius 2 is 1.79 bits per heavy atom. The Balaban J connectivity index is 2.25. The monoisotopic (exact) mass is 396 g/mol. The van der Waals surface area contributed by atoms with E-state index in [4.69, 9.17) is 16.2 Å². The Morgan fingerprint density at radius 3 is 2.38 bits per heavy atom. The molecule has 0 aliphatic carbocycles. The molecule has 3 rings (SSSR count). The average molecular weight is 396 g/mol. The van der Waals surface area contributed by atoms with E-state index in [-0.39, 0.29) is 0 Å². The number of allylic oxidation sites excluding steroid dienone is 2. The maximum absolute atomic E-state index is 6.69. The van der Waals surface area contributed by atoms with Crippen molar-refractivity contribution in [1.29, 1.82) is 0 Å². The molecule has 1 aliphatic heterocycles. The zero-order chi connectivity index (χ0) is 21.0. The molecular weight excluding hydrogens is 368 g/mol. The summed E-state index contributed by atoms with van der Waals surface area (Å²) in [5, 5.41) is 0. The van der Waals surface area contributed by atoms with E-state index >= 15 is 0 Å². The molecule has 0 unspecified atom stereocenters. The summed E-state index contributed by atoms with van der Waals surface area (Å²) in [5.74, 6) is 0.956. The van der Waals surface area contributed by atoms with Crippen LogP contribution in [0.15, 0.2) is 37.1 Å². The number of nitrogen functional groups attached to an aromatic ring is 2. The third-order valence-corrected chi connectivity index (χ3v) is 4.77. The van der Waals surface area contributed by atoms with Crippen molar-refractivity contribution in [2.24, 2.45) is 0 Å². The molecule has 0 fully saturated rings. The molecule has 0 amide bonds. The predicted molar refractivity (Wildman–Crippen MR) is 118 cm³/mol. The van der Waals surface area contributed by atoms with Crippen molar-refractivity contribution in [2.45, 2.75) is 0 Å². The fourth-order valence-electron chi connectivity index (χ4n) is 3.30. The number of methoxy groups -OCH3 is 1. The number of hydrogen-bond donors (Lipinski definition) is 2. The summed E-state index contributed by atoms with van der Waals surface area (Å²) >= 11 is 0. The number of anilines is 4.